The van der Waals surface area contributed by atoms with Crippen LogP contribution in [0.15, 0.2) is 10.8 Å². The van der Waals surface area contributed by atoms with Crippen molar-refractivity contribution in [3.05, 3.63) is 25.5 Å². The van der Waals surface area contributed by atoms with Crippen LogP contribution in [0, 0.1) is 14.9 Å². The maximum Gasteiger partial charge on any atom is 0.266 e. The summed E-state index contributed by atoms with van der Waals surface area (Å²) >= 11 is 4.92. The Kier molecular flexibility index (Phi) is 4.19. The highest BCUT2D eigenvalue weighted by Crippen LogP contribution is 2.29. The van der Waals surface area contributed by atoms with Gasteiger partial charge in [-0.25, -0.2) is 13.8 Å². The van der Waals surface area contributed by atoms with E-state index < -0.39 is 6.43 Å². The summed E-state index contributed by atoms with van der Waals surface area (Å²) in [6.07, 6.45) is -1.36. The molecule has 0 unspecified atom stereocenters. The van der Waals surface area contributed by atoms with E-state index in [1.54, 1.807) is 22.6 Å². The van der Waals surface area contributed by atoms with Gasteiger partial charge in [0.1, 0.15) is 4.60 Å². The molecule has 1 aromatic heterocycles. The van der Waals surface area contributed by atoms with Crippen molar-refractivity contribution >= 4 is 38.5 Å². The Balaban J connectivity index is 3.27. The summed E-state index contributed by atoms with van der Waals surface area (Å²) in [5.74, 6) is 0. The van der Waals surface area contributed by atoms with Crippen molar-refractivity contribution in [3.63, 3.8) is 0 Å². The Morgan fingerprint density at radius 3 is 2.79 bits per heavy atom. The van der Waals surface area contributed by atoms with E-state index in [1.807, 2.05) is 6.07 Å². The van der Waals surface area contributed by atoms with Crippen molar-refractivity contribution in [2.45, 2.75) is 12.8 Å². The highest BCUT2D eigenvalue weighted by atomic mass is 127. The molecule has 0 spiro atoms. The molecule has 6 heteroatoms. The van der Waals surface area contributed by atoms with E-state index in [1.165, 1.54) is 0 Å². The second-order valence-corrected chi connectivity index (χ2v) is 4.26. The fourth-order valence-corrected chi connectivity index (χ4v) is 2.54. The molecule has 0 aliphatic heterocycles. The first-order valence-corrected chi connectivity index (χ1v) is 5.43. The molecular weight excluding hydrogens is 369 g/mol. The minimum absolute atomic E-state index is 0.0758. The molecule has 0 aromatic carbocycles. The van der Waals surface area contributed by atoms with Crippen molar-refractivity contribution in [3.8, 4) is 6.07 Å². The molecule has 0 saturated carbocycles. The first kappa shape index (κ1) is 11.8. The van der Waals surface area contributed by atoms with Crippen LogP contribution in [0.25, 0.3) is 0 Å². The van der Waals surface area contributed by atoms with Gasteiger partial charge in [0.2, 0.25) is 0 Å². The lowest BCUT2D eigenvalue weighted by molar-refractivity contribution is 0.150. The molecule has 1 aromatic rings. The maximum atomic E-state index is 12.4. The number of hydrogen-bond donors (Lipinski definition) is 0. The number of nitriles is 1. The molecule has 0 bridgehead atoms. The van der Waals surface area contributed by atoms with Gasteiger partial charge in [0.15, 0.2) is 0 Å². The largest absolute Gasteiger partial charge is 0.266 e. The third kappa shape index (κ3) is 2.39. The number of nitrogens with zero attached hydrogens (tertiary/aromatic N) is 2. The quantitative estimate of drug-likeness (QED) is 0.589. The fourth-order valence-electron chi connectivity index (χ4n) is 0.907. The number of alkyl halides is 2. The van der Waals surface area contributed by atoms with Gasteiger partial charge < -0.3 is 0 Å². The average molecular weight is 373 g/mol. The van der Waals surface area contributed by atoms with Crippen LogP contribution in [0.1, 0.15) is 17.6 Å². The van der Waals surface area contributed by atoms with Gasteiger partial charge >= 0.3 is 0 Å². The number of rotatable bonds is 2. The third-order valence-corrected chi connectivity index (χ3v) is 3.53. The van der Waals surface area contributed by atoms with Gasteiger partial charge in [-0.15, -0.1) is 0 Å². The molecule has 0 saturated heterocycles. The highest BCUT2D eigenvalue weighted by Gasteiger charge is 2.17. The van der Waals surface area contributed by atoms with Gasteiger partial charge in [-0.2, -0.15) is 5.26 Å². The van der Waals surface area contributed by atoms with Crippen LogP contribution in [0.2, 0.25) is 0 Å². The standard InChI is InChI=1S/C8H4BrF2IN2/c9-7-4(1-2-13)6(12)5(3-14-7)8(10)11/h3,8H,1H2. The smallest absolute Gasteiger partial charge is 0.248 e. The van der Waals surface area contributed by atoms with Crippen LogP contribution in [0.4, 0.5) is 8.78 Å². The predicted molar refractivity (Wildman–Crippen MR) is 58.9 cm³/mol. The Morgan fingerprint density at radius 1 is 1.64 bits per heavy atom. The third-order valence-electron chi connectivity index (χ3n) is 1.58. The van der Waals surface area contributed by atoms with Gasteiger partial charge in [-0.1, -0.05) is 0 Å². The Labute approximate surface area is 102 Å². The molecule has 0 fully saturated rings. The van der Waals surface area contributed by atoms with E-state index >= 15 is 0 Å². The van der Waals surface area contributed by atoms with Crippen molar-refractivity contribution in [1.82, 2.24) is 4.98 Å². The van der Waals surface area contributed by atoms with Gasteiger partial charge in [-0.05, 0) is 38.5 Å². The van der Waals surface area contributed by atoms with Crippen molar-refractivity contribution < 1.29 is 8.78 Å². The van der Waals surface area contributed by atoms with Gasteiger partial charge in [-0.3, -0.25) is 0 Å². The molecular formula is C8H4BrF2IN2. The Hall–Kier alpha value is -0.290. The monoisotopic (exact) mass is 372 g/mol. The first-order chi connectivity index (χ1) is 6.57. The van der Waals surface area contributed by atoms with Crippen LogP contribution in [-0.2, 0) is 6.42 Å². The lowest BCUT2D eigenvalue weighted by atomic mass is 10.2. The minimum atomic E-state index is -2.56. The molecule has 0 N–H and O–H groups in total. The summed E-state index contributed by atoms with van der Waals surface area (Å²) in [5, 5.41) is 8.51. The van der Waals surface area contributed by atoms with Crippen molar-refractivity contribution in [2.75, 3.05) is 0 Å². The van der Waals surface area contributed by atoms with E-state index in [0.717, 1.165) is 6.20 Å². The summed E-state index contributed by atoms with van der Waals surface area (Å²) in [6, 6.07) is 1.91. The zero-order valence-corrected chi connectivity index (χ0v) is 10.5. The summed E-state index contributed by atoms with van der Waals surface area (Å²) in [6.45, 7) is 0. The van der Waals surface area contributed by atoms with E-state index in [9.17, 15) is 8.78 Å². The van der Waals surface area contributed by atoms with E-state index in [0.29, 0.717) is 13.7 Å². The molecule has 1 rings (SSSR count). The lowest BCUT2D eigenvalue weighted by Gasteiger charge is -2.07. The van der Waals surface area contributed by atoms with Crippen LogP contribution < -0.4 is 0 Å². The molecule has 0 amide bonds. The van der Waals surface area contributed by atoms with Gasteiger partial charge in [0.25, 0.3) is 6.43 Å². The van der Waals surface area contributed by atoms with E-state index in [2.05, 4.69) is 20.9 Å². The second-order valence-electron chi connectivity index (χ2n) is 2.43. The number of aromatic nitrogens is 1. The normalized spacial score (nSPS) is 10.3. The van der Waals surface area contributed by atoms with Crippen molar-refractivity contribution in [1.29, 1.82) is 5.26 Å². The number of halogens is 4. The van der Waals surface area contributed by atoms with E-state index in [4.69, 9.17) is 5.26 Å². The number of hydrogen-bond acceptors (Lipinski definition) is 2. The van der Waals surface area contributed by atoms with Gasteiger partial charge in [0.05, 0.1) is 12.5 Å². The zero-order valence-electron chi connectivity index (χ0n) is 6.77. The topological polar surface area (TPSA) is 36.7 Å². The van der Waals surface area contributed by atoms with Crippen LogP contribution in [-0.4, -0.2) is 4.98 Å². The second kappa shape index (κ2) is 4.98. The molecule has 0 radical (unpaired) electrons. The minimum Gasteiger partial charge on any atom is -0.248 e. The molecule has 14 heavy (non-hydrogen) atoms. The molecule has 0 atom stereocenters. The van der Waals surface area contributed by atoms with Crippen molar-refractivity contribution in [2.24, 2.45) is 0 Å². The fraction of sp³-hybridized carbons (Fsp3) is 0.250. The van der Waals surface area contributed by atoms with Gasteiger partial charge in [0, 0.05) is 20.9 Å². The molecule has 0 aliphatic carbocycles. The highest BCUT2D eigenvalue weighted by molar-refractivity contribution is 14.1. The zero-order chi connectivity index (χ0) is 10.7. The molecule has 0 aliphatic rings. The van der Waals surface area contributed by atoms with Crippen LogP contribution in [0.3, 0.4) is 0 Å². The molecule has 74 valence electrons. The summed E-state index contributed by atoms with van der Waals surface area (Å²) < 4.78 is 25.7. The lowest BCUT2D eigenvalue weighted by Crippen LogP contribution is -1.99. The summed E-state index contributed by atoms with van der Waals surface area (Å²) in [5.41, 5.74) is 0.393. The van der Waals surface area contributed by atoms with Crippen LogP contribution >= 0.6 is 38.5 Å². The Bertz CT molecular complexity index is 390. The number of pyridine rings is 1. The molecule has 2 nitrogen and oxygen atoms in total. The molecule has 1 heterocycles. The first-order valence-electron chi connectivity index (χ1n) is 3.55. The average Bonchev–Trinajstić information content (AvgIpc) is 2.11. The summed E-state index contributed by atoms with van der Waals surface area (Å²) in [4.78, 5) is 3.76. The Morgan fingerprint density at radius 2 is 2.29 bits per heavy atom. The van der Waals surface area contributed by atoms with E-state index in [-0.39, 0.29) is 12.0 Å². The van der Waals surface area contributed by atoms with Crippen LogP contribution in [0.5, 0.6) is 0 Å². The predicted octanol–water partition coefficient (Wildman–Crippen LogP) is 3.45. The maximum absolute atomic E-state index is 12.4. The SMILES string of the molecule is N#CCc1c(Br)ncc(C(F)F)c1I. The summed E-state index contributed by atoms with van der Waals surface area (Å²) in [7, 11) is 0.